The Morgan fingerprint density at radius 1 is 0.857 bits per heavy atom. The predicted octanol–water partition coefficient (Wildman–Crippen LogP) is 3.26. The Morgan fingerprint density at radius 2 is 1.36 bits per heavy atom. The maximum atomic E-state index is 3.94. The molecule has 0 radical (unpaired) electrons. The second-order valence-electron chi connectivity index (χ2n) is 2.60. The van der Waals surface area contributed by atoms with Gasteiger partial charge in [0.25, 0.3) is 0 Å². The lowest BCUT2D eigenvalue weighted by atomic mass is 10.4. The first kappa shape index (κ1) is 9.30. The van der Waals surface area contributed by atoms with Gasteiger partial charge in [-0.25, -0.2) is 0 Å². The minimum atomic E-state index is 1.09. The molecule has 2 aromatic rings. The van der Waals surface area contributed by atoms with Crippen molar-refractivity contribution < 1.29 is 0 Å². The van der Waals surface area contributed by atoms with Gasteiger partial charge in [0.15, 0.2) is 0 Å². The predicted molar refractivity (Wildman–Crippen MR) is 63.8 cm³/mol. The van der Waals surface area contributed by atoms with Crippen LogP contribution in [0.2, 0.25) is 0 Å². The summed E-state index contributed by atoms with van der Waals surface area (Å²) in [5, 5.41) is 16.0. The summed E-state index contributed by atoms with van der Waals surface area (Å²) in [6.45, 7) is 0. The Kier molecular flexibility index (Phi) is 3.21. The average molecular weight is 220 g/mol. The van der Waals surface area contributed by atoms with E-state index in [2.05, 4.69) is 10.2 Å². The van der Waals surface area contributed by atoms with Crippen molar-refractivity contribution in [2.24, 2.45) is 10.2 Å². The van der Waals surface area contributed by atoms with Gasteiger partial charge >= 0.3 is 0 Å². The molecule has 0 atom stereocenters. The third-order valence-corrected chi connectivity index (χ3v) is 2.97. The highest BCUT2D eigenvalue weighted by Crippen LogP contribution is 2.03. The molecule has 0 saturated carbocycles. The van der Waals surface area contributed by atoms with E-state index in [1.165, 1.54) is 0 Å². The fourth-order valence-corrected chi connectivity index (χ4v) is 2.12. The molecule has 0 N–H and O–H groups in total. The van der Waals surface area contributed by atoms with Crippen molar-refractivity contribution in [1.29, 1.82) is 0 Å². The normalized spacial score (nSPS) is 11.7. The van der Waals surface area contributed by atoms with Crippen LogP contribution in [0.25, 0.3) is 0 Å². The number of nitrogens with zero attached hydrogens (tertiary/aromatic N) is 2. The summed E-state index contributed by atoms with van der Waals surface area (Å²) in [4.78, 5) is 0. The fourth-order valence-electron chi connectivity index (χ4n) is 0.897. The zero-order valence-corrected chi connectivity index (χ0v) is 8.96. The third-order valence-electron chi connectivity index (χ3n) is 1.57. The number of hydrogen-bond donors (Lipinski definition) is 0. The van der Waals surface area contributed by atoms with Gasteiger partial charge in [-0.3, -0.25) is 0 Å². The third kappa shape index (κ3) is 2.61. The molecule has 70 valence electrons. The van der Waals surface area contributed by atoms with Crippen molar-refractivity contribution >= 4 is 35.1 Å². The van der Waals surface area contributed by atoms with E-state index in [0.717, 1.165) is 11.1 Å². The molecule has 0 aliphatic heterocycles. The highest BCUT2D eigenvalue weighted by atomic mass is 32.1. The van der Waals surface area contributed by atoms with Crippen molar-refractivity contribution in [3.05, 3.63) is 44.8 Å². The molecule has 0 fully saturated rings. The van der Waals surface area contributed by atoms with Gasteiger partial charge in [-0.15, -0.1) is 0 Å². The molecule has 0 unspecified atom stereocenters. The fraction of sp³-hybridized carbons (Fsp3) is 0. The molecule has 0 bridgehead atoms. The van der Waals surface area contributed by atoms with Crippen LogP contribution in [0.1, 0.15) is 11.1 Å². The first-order valence-electron chi connectivity index (χ1n) is 4.06. The first-order chi connectivity index (χ1) is 6.95. The Bertz CT molecular complexity index is 371. The van der Waals surface area contributed by atoms with E-state index in [-0.39, 0.29) is 0 Å². The second-order valence-corrected chi connectivity index (χ2v) is 4.16. The molecular formula is C10H8N2S2. The quantitative estimate of drug-likeness (QED) is 0.560. The standard InChI is InChI=1S/C10H8N2S2/c1-3-13-7-9(1)5-11-12-6-10-2-4-14-8-10/h1-8H/b11-5-,12-6+. The van der Waals surface area contributed by atoms with Crippen LogP contribution in [0.4, 0.5) is 0 Å². The van der Waals surface area contributed by atoms with Gasteiger partial charge in [-0.2, -0.15) is 32.9 Å². The van der Waals surface area contributed by atoms with Gasteiger partial charge in [0.05, 0.1) is 12.4 Å². The summed E-state index contributed by atoms with van der Waals surface area (Å²) >= 11 is 3.31. The van der Waals surface area contributed by atoms with E-state index in [9.17, 15) is 0 Å². The van der Waals surface area contributed by atoms with Crippen LogP contribution in [0.3, 0.4) is 0 Å². The second kappa shape index (κ2) is 4.83. The number of rotatable bonds is 3. The molecule has 14 heavy (non-hydrogen) atoms. The van der Waals surface area contributed by atoms with Gasteiger partial charge in [-0.05, 0) is 33.7 Å². The largest absolute Gasteiger partial charge is 0.158 e. The summed E-state index contributed by atoms with van der Waals surface area (Å²) in [6.07, 6.45) is 3.50. The minimum absolute atomic E-state index is 1.09. The van der Waals surface area contributed by atoms with Crippen LogP contribution in [0, 0.1) is 0 Å². The zero-order valence-electron chi connectivity index (χ0n) is 7.33. The Morgan fingerprint density at radius 3 is 1.71 bits per heavy atom. The molecule has 2 heterocycles. The molecule has 4 heteroatoms. The molecular weight excluding hydrogens is 212 g/mol. The Balaban J connectivity index is 1.94. The topological polar surface area (TPSA) is 24.7 Å². The van der Waals surface area contributed by atoms with Crippen LogP contribution in [-0.4, -0.2) is 12.4 Å². The van der Waals surface area contributed by atoms with Crippen LogP contribution >= 0.6 is 22.7 Å². The minimum Gasteiger partial charge on any atom is -0.158 e. The molecule has 2 nitrogen and oxygen atoms in total. The Labute approximate surface area is 90.3 Å². The van der Waals surface area contributed by atoms with Crippen LogP contribution in [0.5, 0.6) is 0 Å². The van der Waals surface area contributed by atoms with Crippen molar-refractivity contribution in [2.75, 3.05) is 0 Å². The van der Waals surface area contributed by atoms with Gasteiger partial charge in [0, 0.05) is 11.1 Å². The van der Waals surface area contributed by atoms with E-state index in [4.69, 9.17) is 0 Å². The van der Waals surface area contributed by atoms with E-state index in [1.807, 2.05) is 33.7 Å². The van der Waals surface area contributed by atoms with Crippen LogP contribution < -0.4 is 0 Å². The van der Waals surface area contributed by atoms with Crippen molar-refractivity contribution in [2.45, 2.75) is 0 Å². The lowest BCUT2D eigenvalue weighted by Gasteiger charge is -1.80. The summed E-state index contributed by atoms with van der Waals surface area (Å²) in [7, 11) is 0. The van der Waals surface area contributed by atoms with Crippen LogP contribution in [-0.2, 0) is 0 Å². The number of thiophene rings is 2. The molecule has 0 spiro atoms. The lowest BCUT2D eigenvalue weighted by Crippen LogP contribution is -1.74. The van der Waals surface area contributed by atoms with Gasteiger partial charge in [-0.1, -0.05) is 0 Å². The summed E-state index contributed by atoms with van der Waals surface area (Å²) in [5.41, 5.74) is 2.19. The maximum Gasteiger partial charge on any atom is 0.0576 e. The number of hydrogen-bond acceptors (Lipinski definition) is 4. The smallest absolute Gasteiger partial charge is 0.0576 e. The van der Waals surface area contributed by atoms with Gasteiger partial charge in [0.2, 0.25) is 0 Å². The molecule has 0 aliphatic carbocycles. The average Bonchev–Trinajstić information content (AvgIpc) is 2.86. The summed E-state index contributed by atoms with van der Waals surface area (Å²) in [6, 6.07) is 4.02. The molecule has 2 rings (SSSR count). The van der Waals surface area contributed by atoms with Crippen molar-refractivity contribution in [1.82, 2.24) is 0 Å². The van der Waals surface area contributed by atoms with Gasteiger partial charge < -0.3 is 0 Å². The molecule has 0 amide bonds. The SMILES string of the molecule is C(=N/N=C/c1ccsc1)/c1ccsc1. The van der Waals surface area contributed by atoms with E-state index in [1.54, 1.807) is 35.1 Å². The first-order valence-corrected chi connectivity index (χ1v) is 5.94. The molecule has 0 aliphatic rings. The highest BCUT2D eigenvalue weighted by Gasteiger charge is 1.85. The van der Waals surface area contributed by atoms with Crippen molar-refractivity contribution in [3.63, 3.8) is 0 Å². The van der Waals surface area contributed by atoms with Gasteiger partial charge in [0.1, 0.15) is 0 Å². The van der Waals surface area contributed by atoms with E-state index >= 15 is 0 Å². The zero-order chi connectivity index (χ0) is 9.64. The molecule has 2 aromatic heterocycles. The molecule has 0 saturated heterocycles. The summed E-state index contributed by atoms with van der Waals surface area (Å²) < 4.78 is 0. The summed E-state index contributed by atoms with van der Waals surface area (Å²) in [5.74, 6) is 0. The maximum absolute atomic E-state index is 3.94. The molecule has 0 aromatic carbocycles. The monoisotopic (exact) mass is 220 g/mol. The highest BCUT2D eigenvalue weighted by molar-refractivity contribution is 7.08. The van der Waals surface area contributed by atoms with E-state index in [0.29, 0.717) is 0 Å². The Hall–Kier alpha value is -1.26. The van der Waals surface area contributed by atoms with E-state index < -0.39 is 0 Å². The van der Waals surface area contributed by atoms with Crippen LogP contribution in [0.15, 0.2) is 43.9 Å². The lowest BCUT2D eigenvalue weighted by molar-refractivity contribution is 1.27. The van der Waals surface area contributed by atoms with Crippen molar-refractivity contribution in [3.8, 4) is 0 Å².